The van der Waals surface area contributed by atoms with Gasteiger partial charge in [0.1, 0.15) is 5.82 Å². The molecule has 0 fully saturated rings. The largest absolute Gasteiger partial charge is 0.301 e. The summed E-state index contributed by atoms with van der Waals surface area (Å²) in [6, 6.07) is 21.9. The highest BCUT2D eigenvalue weighted by Crippen LogP contribution is 2.32. The summed E-state index contributed by atoms with van der Waals surface area (Å²) in [6.07, 6.45) is 0. The van der Waals surface area contributed by atoms with Gasteiger partial charge in [0, 0.05) is 0 Å². The topological polar surface area (TPSA) is 60.7 Å². The van der Waals surface area contributed by atoms with E-state index in [0.717, 1.165) is 26.4 Å². The fraction of sp³-hybridized carbons (Fsp3) is 0.130. The van der Waals surface area contributed by atoms with Crippen LogP contribution in [0, 0.1) is 0 Å². The molecule has 0 spiro atoms. The molecule has 5 nitrogen and oxygen atoms in total. The highest BCUT2D eigenvalue weighted by Gasteiger charge is 2.17. The number of thiazole rings is 1. The predicted octanol–water partition coefficient (Wildman–Crippen LogP) is 6.92. The number of carbonyl (C=O) groups is 1. The summed E-state index contributed by atoms with van der Waals surface area (Å²) in [5, 5.41) is 9.59. The van der Waals surface area contributed by atoms with Gasteiger partial charge in [0.15, 0.2) is 15.3 Å². The average Bonchev–Trinajstić information content (AvgIpc) is 3.55. The minimum absolute atomic E-state index is 0.0385. The van der Waals surface area contributed by atoms with Crippen molar-refractivity contribution in [1.82, 2.24) is 19.7 Å². The van der Waals surface area contributed by atoms with E-state index in [0.29, 0.717) is 21.5 Å². The molecule has 0 amide bonds. The fourth-order valence-electron chi connectivity index (χ4n) is 3.16. The number of hydrogen-bond acceptors (Lipinski definition) is 8. The maximum absolute atomic E-state index is 12.6. The van der Waals surface area contributed by atoms with Gasteiger partial charge in [0.05, 0.1) is 37.5 Å². The highest BCUT2D eigenvalue weighted by atomic mass is 35.5. The van der Waals surface area contributed by atoms with Crippen LogP contribution in [0.3, 0.4) is 0 Å². The van der Waals surface area contributed by atoms with Crippen molar-refractivity contribution in [3.8, 4) is 0 Å². The third-order valence-electron chi connectivity index (χ3n) is 4.76. The summed E-state index contributed by atoms with van der Waals surface area (Å²) in [6.45, 7) is 0.644. The number of benzene rings is 2. The molecular weight excluding hydrogens is 512 g/mol. The smallest absolute Gasteiger partial charge is 0.191 e. The number of rotatable bonds is 9. The number of fused-ring (bicyclic) bond motifs is 1. The van der Waals surface area contributed by atoms with Crippen LogP contribution in [0.25, 0.3) is 10.2 Å². The summed E-state index contributed by atoms with van der Waals surface area (Å²) in [5.74, 6) is 1.83. The van der Waals surface area contributed by atoms with Crippen molar-refractivity contribution in [3.63, 3.8) is 0 Å². The number of Topliss-reactive ketones (excluding diaryl/α,β-unsaturated/α-hetero) is 1. The molecule has 0 saturated carbocycles. The van der Waals surface area contributed by atoms with Crippen molar-refractivity contribution in [1.29, 1.82) is 0 Å². The van der Waals surface area contributed by atoms with Crippen LogP contribution >= 0.6 is 57.8 Å². The highest BCUT2D eigenvalue weighted by molar-refractivity contribution is 8.00. The molecule has 0 aliphatic rings. The number of thioether (sulfide) groups is 2. The van der Waals surface area contributed by atoms with Crippen LogP contribution in [0.5, 0.6) is 0 Å². The van der Waals surface area contributed by atoms with Gasteiger partial charge in [0.2, 0.25) is 0 Å². The van der Waals surface area contributed by atoms with Gasteiger partial charge < -0.3 is 4.57 Å². The summed E-state index contributed by atoms with van der Waals surface area (Å²) >= 11 is 12.0. The SMILES string of the molecule is O=C(CSc1nnc(CSc2nc3ccccc3s2)n1Cc1ccccc1)c1ccc(Cl)s1. The first-order valence-corrected chi connectivity index (χ1v) is 14.0. The molecule has 0 bridgehead atoms. The van der Waals surface area contributed by atoms with Crippen LogP contribution in [0.2, 0.25) is 4.34 Å². The molecule has 5 aromatic rings. The maximum Gasteiger partial charge on any atom is 0.191 e. The number of ketones is 1. The molecule has 0 aliphatic carbocycles. The number of para-hydroxylation sites is 1. The molecular formula is C23H17ClN4OS4. The van der Waals surface area contributed by atoms with E-state index in [1.165, 1.54) is 27.8 Å². The van der Waals surface area contributed by atoms with Crippen molar-refractivity contribution in [2.24, 2.45) is 0 Å². The van der Waals surface area contributed by atoms with Crippen LogP contribution in [-0.2, 0) is 12.3 Å². The normalized spacial score (nSPS) is 11.3. The van der Waals surface area contributed by atoms with Crippen molar-refractivity contribution < 1.29 is 4.79 Å². The number of aromatic nitrogens is 4. The van der Waals surface area contributed by atoms with Gasteiger partial charge in [-0.15, -0.1) is 32.9 Å². The van der Waals surface area contributed by atoms with Crippen molar-refractivity contribution in [3.05, 3.63) is 87.3 Å². The molecule has 10 heteroatoms. The molecule has 3 aromatic heterocycles. The minimum atomic E-state index is 0.0385. The molecule has 5 rings (SSSR count). The Labute approximate surface area is 212 Å². The second-order valence-electron chi connectivity index (χ2n) is 7.02. The second kappa shape index (κ2) is 10.4. The lowest BCUT2D eigenvalue weighted by molar-refractivity contribution is 0.102. The molecule has 0 saturated heterocycles. The fourth-order valence-corrected chi connectivity index (χ4v) is 7.08. The number of hydrogen-bond donors (Lipinski definition) is 0. The molecule has 166 valence electrons. The number of nitrogens with zero attached hydrogens (tertiary/aromatic N) is 4. The zero-order valence-corrected chi connectivity index (χ0v) is 21.2. The van der Waals surface area contributed by atoms with E-state index in [4.69, 9.17) is 16.6 Å². The van der Waals surface area contributed by atoms with E-state index in [9.17, 15) is 4.79 Å². The summed E-state index contributed by atoms with van der Waals surface area (Å²) < 4.78 is 4.89. The lowest BCUT2D eigenvalue weighted by Gasteiger charge is -2.10. The summed E-state index contributed by atoms with van der Waals surface area (Å²) in [4.78, 5) is 17.9. The maximum atomic E-state index is 12.6. The Kier molecular flexibility index (Phi) is 7.13. The van der Waals surface area contributed by atoms with Crippen molar-refractivity contribution in [2.75, 3.05) is 5.75 Å². The van der Waals surface area contributed by atoms with Crippen LogP contribution in [-0.4, -0.2) is 31.3 Å². The Balaban J connectivity index is 1.34. The standard InChI is InChI=1S/C23H17ClN4OS4/c24-20-11-10-19(32-20)17(29)13-30-22-27-26-21(28(22)12-15-6-2-1-3-7-15)14-31-23-25-16-8-4-5-9-18(16)33-23/h1-11H,12-14H2. The predicted molar refractivity (Wildman–Crippen MR) is 139 cm³/mol. The van der Waals surface area contributed by atoms with Gasteiger partial charge >= 0.3 is 0 Å². The van der Waals surface area contributed by atoms with Crippen LogP contribution in [0.4, 0.5) is 0 Å². The first-order chi connectivity index (χ1) is 16.2. The number of halogens is 1. The summed E-state index contributed by atoms with van der Waals surface area (Å²) in [5.41, 5.74) is 2.17. The summed E-state index contributed by atoms with van der Waals surface area (Å²) in [7, 11) is 0. The number of carbonyl (C=O) groups excluding carboxylic acids is 1. The molecule has 3 heterocycles. The quantitative estimate of drug-likeness (QED) is 0.153. The molecule has 0 N–H and O–H groups in total. The first-order valence-electron chi connectivity index (χ1n) is 10.0. The Morgan fingerprint density at radius 1 is 0.939 bits per heavy atom. The van der Waals surface area contributed by atoms with Gasteiger partial charge in [-0.3, -0.25) is 4.79 Å². The lowest BCUT2D eigenvalue weighted by atomic mass is 10.2. The third kappa shape index (κ3) is 5.50. The van der Waals surface area contributed by atoms with E-state index >= 15 is 0 Å². The van der Waals surface area contributed by atoms with Crippen LogP contribution < -0.4 is 0 Å². The zero-order valence-electron chi connectivity index (χ0n) is 17.2. The Morgan fingerprint density at radius 3 is 2.55 bits per heavy atom. The van der Waals surface area contributed by atoms with Crippen molar-refractivity contribution >= 4 is 73.8 Å². The molecule has 0 unspecified atom stereocenters. The lowest BCUT2D eigenvalue weighted by Crippen LogP contribution is -2.07. The minimum Gasteiger partial charge on any atom is -0.301 e. The van der Waals surface area contributed by atoms with Crippen molar-refractivity contribution in [2.45, 2.75) is 21.8 Å². The monoisotopic (exact) mass is 528 g/mol. The van der Waals surface area contributed by atoms with Gasteiger partial charge in [-0.1, -0.05) is 77.6 Å². The molecule has 2 aromatic carbocycles. The van der Waals surface area contributed by atoms with Gasteiger partial charge in [-0.2, -0.15) is 0 Å². The van der Waals surface area contributed by atoms with Gasteiger partial charge in [0.25, 0.3) is 0 Å². The van der Waals surface area contributed by atoms with Crippen LogP contribution in [0.15, 0.2) is 76.2 Å². The molecule has 0 atom stereocenters. The molecule has 0 radical (unpaired) electrons. The van der Waals surface area contributed by atoms with Gasteiger partial charge in [-0.25, -0.2) is 4.98 Å². The third-order valence-corrected chi connectivity index (χ3v) is 9.17. The van der Waals surface area contributed by atoms with Gasteiger partial charge in [-0.05, 0) is 29.8 Å². The zero-order chi connectivity index (χ0) is 22.6. The first kappa shape index (κ1) is 22.6. The van der Waals surface area contributed by atoms with E-state index in [1.807, 2.05) is 36.4 Å². The van der Waals surface area contributed by atoms with E-state index in [1.54, 1.807) is 35.2 Å². The second-order valence-corrected chi connectivity index (χ2v) is 11.9. The van der Waals surface area contributed by atoms with E-state index in [-0.39, 0.29) is 11.5 Å². The Hall–Kier alpha value is -2.17. The Morgan fingerprint density at radius 2 is 1.76 bits per heavy atom. The van der Waals surface area contributed by atoms with Crippen LogP contribution in [0.1, 0.15) is 21.1 Å². The Bertz CT molecular complexity index is 1360. The molecule has 0 aliphatic heterocycles. The average molecular weight is 529 g/mol. The molecule has 33 heavy (non-hydrogen) atoms. The van der Waals surface area contributed by atoms with E-state index in [2.05, 4.69) is 33.0 Å². The number of thiophene rings is 1. The van der Waals surface area contributed by atoms with E-state index < -0.39 is 0 Å².